The quantitative estimate of drug-likeness (QED) is 0.773. The van der Waals surface area contributed by atoms with Crippen molar-refractivity contribution in [3.8, 4) is 0 Å². The highest BCUT2D eigenvalue weighted by Gasteiger charge is 2.33. The molecule has 0 radical (unpaired) electrons. The van der Waals surface area contributed by atoms with Crippen molar-refractivity contribution < 1.29 is 9.53 Å². The second-order valence-electron chi connectivity index (χ2n) is 5.32. The van der Waals surface area contributed by atoms with Crippen LogP contribution < -0.4 is 0 Å². The summed E-state index contributed by atoms with van der Waals surface area (Å²) in [4.78, 5) is 21.2. The third kappa shape index (κ3) is 2.75. The van der Waals surface area contributed by atoms with Crippen LogP contribution in [0.5, 0.6) is 0 Å². The number of carbonyl (C=O) groups is 1. The van der Waals surface area contributed by atoms with Gasteiger partial charge in [0.1, 0.15) is 5.60 Å². The van der Waals surface area contributed by atoms with E-state index in [2.05, 4.69) is 18.8 Å². The zero-order chi connectivity index (χ0) is 14.6. The maximum Gasteiger partial charge on any atom is 0.166 e. The SMILES string of the molecule is CCOC(CC)(CC)c1ncc2c(n1)CCCCC2=O. The summed E-state index contributed by atoms with van der Waals surface area (Å²) in [6.07, 6.45) is 6.84. The van der Waals surface area contributed by atoms with Crippen molar-refractivity contribution in [1.82, 2.24) is 9.97 Å². The van der Waals surface area contributed by atoms with Crippen molar-refractivity contribution in [2.24, 2.45) is 0 Å². The molecule has 1 heterocycles. The number of ketones is 1. The van der Waals surface area contributed by atoms with E-state index in [1.807, 2.05) is 6.92 Å². The van der Waals surface area contributed by atoms with Gasteiger partial charge in [0, 0.05) is 19.2 Å². The lowest BCUT2D eigenvalue weighted by molar-refractivity contribution is -0.0573. The molecule has 1 aliphatic rings. The molecule has 0 saturated carbocycles. The number of aryl methyl sites for hydroxylation is 1. The summed E-state index contributed by atoms with van der Waals surface area (Å²) in [5.74, 6) is 0.914. The Balaban J connectivity index is 2.43. The van der Waals surface area contributed by atoms with Gasteiger partial charge < -0.3 is 4.74 Å². The fourth-order valence-corrected chi connectivity index (χ4v) is 2.88. The normalized spacial score (nSPS) is 15.8. The van der Waals surface area contributed by atoms with Crippen LogP contribution in [0.2, 0.25) is 0 Å². The maximum absolute atomic E-state index is 12.0. The van der Waals surface area contributed by atoms with E-state index in [4.69, 9.17) is 9.72 Å². The lowest BCUT2D eigenvalue weighted by atomic mass is 9.95. The minimum Gasteiger partial charge on any atom is -0.367 e. The minimum absolute atomic E-state index is 0.180. The molecule has 0 aromatic carbocycles. The third-order valence-corrected chi connectivity index (χ3v) is 4.21. The zero-order valence-electron chi connectivity index (χ0n) is 12.7. The molecular weight excluding hydrogens is 252 g/mol. The molecule has 0 N–H and O–H groups in total. The summed E-state index contributed by atoms with van der Waals surface area (Å²) >= 11 is 0. The predicted octanol–water partition coefficient (Wildman–Crippen LogP) is 3.44. The standard InChI is InChI=1S/C16H24N2O2/c1-4-16(5-2,20-6-3)15-17-11-12-13(18-15)9-7-8-10-14(12)19/h11H,4-10H2,1-3H3. The van der Waals surface area contributed by atoms with Gasteiger partial charge in [0.05, 0.1) is 11.3 Å². The molecule has 0 atom stereocenters. The van der Waals surface area contributed by atoms with Crippen LogP contribution in [0.3, 0.4) is 0 Å². The summed E-state index contributed by atoms with van der Waals surface area (Å²) < 4.78 is 5.95. The van der Waals surface area contributed by atoms with Crippen LogP contribution in [0, 0.1) is 0 Å². The number of Topliss-reactive ketones (excluding diaryl/α,β-unsaturated/α-hetero) is 1. The number of ether oxygens (including phenoxy) is 1. The van der Waals surface area contributed by atoms with E-state index in [0.717, 1.165) is 43.6 Å². The van der Waals surface area contributed by atoms with E-state index in [1.54, 1.807) is 6.20 Å². The van der Waals surface area contributed by atoms with Gasteiger partial charge in [-0.05, 0) is 39.0 Å². The van der Waals surface area contributed by atoms with Gasteiger partial charge in [0.2, 0.25) is 0 Å². The summed E-state index contributed by atoms with van der Waals surface area (Å²) in [5, 5.41) is 0. The Morgan fingerprint density at radius 2 is 1.90 bits per heavy atom. The monoisotopic (exact) mass is 276 g/mol. The molecule has 0 unspecified atom stereocenters. The fraction of sp³-hybridized carbons (Fsp3) is 0.688. The van der Waals surface area contributed by atoms with E-state index in [0.29, 0.717) is 18.6 Å². The van der Waals surface area contributed by atoms with Gasteiger partial charge in [0.15, 0.2) is 11.6 Å². The van der Waals surface area contributed by atoms with Crippen molar-refractivity contribution in [2.45, 2.75) is 64.9 Å². The van der Waals surface area contributed by atoms with Crippen LogP contribution in [0.4, 0.5) is 0 Å². The van der Waals surface area contributed by atoms with Gasteiger partial charge in [-0.3, -0.25) is 4.79 Å². The first-order chi connectivity index (χ1) is 9.66. The topological polar surface area (TPSA) is 52.1 Å². The summed E-state index contributed by atoms with van der Waals surface area (Å²) in [6.45, 7) is 6.83. The Morgan fingerprint density at radius 3 is 2.55 bits per heavy atom. The molecule has 1 aliphatic carbocycles. The molecule has 4 nitrogen and oxygen atoms in total. The van der Waals surface area contributed by atoms with E-state index in [9.17, 15) is 4.79 Å². The molecule has 20 heavy (non-hydrogen) atoms. The largest absolute Gasteiger partial charge is 0.367 e. The van der Waals surface area contributed by atoms with Crippen LogP contribution in [0.25, 0.3) is 0 Å². The molecule has 4 heteroatoms. The lowest BCUT2D eigenvalue weighted by Gasteiger charge is -2.30. The van der Waals surface area contributed by atoms with Crippen molar-refractivity contribution in [3.63, 3.8) is 0 Å². The molecule has 0 saturated heterocycles. The van der Waals surface area contributed by atoms with E-state index in [-0.39, 0.29) is 5.78 Å². The van der Waals surface area contributed by atoms with Crippen molar-refractivity contribution in [3.05, 3.63) is 23.3 Å². The van der Waals surface area contributed by atoms with E-state index >= 15 is 0 Å². The van der Waals surface area contributed by atoms with Crippen LogP contribution in [-0.2, 0) is 16.8 Å². The highest BCUT2D eigenvalue weighted by atomic mass is 16.5. The number of aromatic nitrogens is 2. The molecule has 0 spiro atoms. The van der Waals surface area contributed by atoms with E-state index < -0.39 is 5.60 Å². The summed E-state index contributed by atoms with van der Waals surface area (Å²) in [6, 6.07) is 0. The smallest absolute Gasteiger partial charge is 0.166 e. The number of fused-ring (bicyclic) bond motifs is 1. The fourth-order valence-electron chi connectivity index (χ4n) is 2.88. The molecule has 1 aromatic heterocycles. The zero-order valence-corrected chi connectivity index (χ0v) is 12.7. The average Bonchev–Trinajstić information content (AvgIpc) is 2.66. The van der Waals surface area contributed by atoms with Crippen molar-refractivity contribution >= 4 is 5.78 Å². The van der Waals surface area contributed by atoms with Gasteiger partial charge in [-0.2, -0.15) is 0 Å². The van der Waals surface area contributed by atoms with Crippen LogP contribution in [0.15, 0.2) is 6.20 Å². The molecule has 0 fully saturated rings. The van der Waals surface area contributed by atoms with Crippen LogP contribution in [0.1, 0.15) is 74.8 Å². The Labute approximate surface area is 121 Å². The van der Waals surface area contributed by atoms with Gasteiger partial charge in [-0.1, -0.05) is 13.8 Å². The summed E-state index contributed by atoms with van der Waals surface area (Å²) in [7, 11) is 0. The van der Waals surface area contributed by atoms with E-state index in [1.165, 1.54) is 0 Å². The molecule has 110 valence electrons. The van der Waals surface area contributed by atoms with Gasteiger partial charge in [-0.15, -0.1) is 0 Å². The molecule has 2 rings (SSSR count). The molecule has 0 bridgehead atoms. The Morgan fingerprint density at radius 1 is 1.20 bits per heavy atom. The van der Waals surface area contributed by atoms with Crippen LogP contribution in [-0.4, -0.2) is 22.4 Å². The Bertz CT molecular complexity index is 481. The maximum atomic E-state index is 12.0. The van der Waals surface area contributed by atoms with Gasteiger partial charge >= 0.3 is 0 Å². The second-order valence-corrected chi connectivity index (χ2v) is 5.32. The van der Waals surface area contributed by atoms with Crippen molar-refractivity contribution in [2.75, 3.05) is 6.61 Å². The first kappa shape index (κ1) is 15.1. The van der Waals surface area contributed by atoms with Gasteiger partial charge in [0.25, 0.3) is 0 Å². The highest BCUT2D eigenvalue weighted by molar-refractivity contribution is 5.97. The number of nitrogens with zero attached hydrogens (tertiary/aromatic N) is 2. The number of rotatable bonds is 5. The second kappa shape index (κ2) is 6.44. The van der Waals surface area contributed by atoms with Crippen molar-refractivity contribution in [1.29, 1.82) is 0 Å². The average molecular weight is 276 g/mol. The molecule has 0 amide bonds. The lowest BCUT2D eigenvalue weighted by Crippen LogP contribution is -2.31. The predicted molar refractivity (Wildman–Crippen MR) is 77.8 cm³/mol. The minimum atomic E-state index is -0.418. The number of carbonyl (C=O) groups excluding carboxylic acids is 1. The van der Waals surface area contributed by atoms with Crippen LogP contribution >= 0.6 is 0 Å². The molecular formula is C16H24N2O2. The first-order valence-electron chi connectivity index (χ1n) is 7.70. The number of hydrogen-bond acceptors (Lipinski definition) is 4. The van der Waals surface area contributed by atoms with Gasteiger partial charge in [-0.25, -0.2) is 9.97 Å². The first-order valence-corrected chi connectivity index (χ1v) is 7.70. The molecule has 0 aliphatic heterocycles. The summed E-state index contributed by atoms with van der Waals surface area (Å²) in [5.41, 5.74) is 1.20. The Hall–Kier alpha value is -1.29. The molecule has 1 aromatic rings. The number of hydrogen-bond donors (Lipinski definition) is 0. The third-order valence-electron chi connectivity index (χ3n) is 4.21. The highest BCUT2D eigenvalue weighted by Crippen LogP contribution is 2.31. The Kier molecular flexibility index (Phi) is 4.86.